The lowest BCUT2D eigenvalue weighted by molar-refractivity contribution is 0.449. The molecule has 2 aromatic carbocycles. The summed E-state index contributed by atoms with van der Waals surface area (Å²) in [6.07, 6.45) is 0. The van der Waals surface area contributed by atoms with Crippen molar-refractivity contribution in [3.05, 3.63) is 64.7 Å². The first-order valence-corrected chi connectivity index (χ1v) is 5.61. The molecule has 0 bridgehead atoms. The van der Waals surface area contributed by atoms with Gasteiger partial charge in [-0.25, -0.2) is 17.6 Å². The van der Waals surface area contributed by atoms with Crippen LogP contribution in [0.25, 0.3) is 0 Å². The Labute approximate surface area is 107 Å². The molecule has 19 heavy (non-hydrogen) atoms. The van der Waals surface area contributed by atoms with E-state index >= 15 is 0 Å². The zero-order valence-electron chi connectivity index (χ0n) is 10.1. The zero-order valence-corrected chi connectivity index (χ0v) is 10.1. The molecule has 0 amide bonds. The van der Waals surface area contributed by atoms with Crippen molar-refractivity contribution in [1.29, 1.82) is 0 Å². The highest BCUT2D eigenvalue weighted by Crippen LogP contribution is 2.21. The highest BCUT2D eigenvalue weighted by atomic mass is 19.2. The summed E-state index contributed by atoms with van der Waals surface area (Å²) in [5.74, 6) is -4.56. The molecule has 0 heterocycles. The van der Waals surface area contributed by atoms with E-state index < -0.39 is 23.3 Å². The largest absolute Gasteiger partial charge is 0.378 e. The van der Waals surface area contributed by atoms with Crippen molar-refractivity contribution >= 4 is 5.69 Å². The number of hydrogen-bond donors (Lipinski definition) is 1. The van der Waals surface area contributed by atoms with Crippen molar-refractivity contribution < 1.29 is 17.6 Å². The molecule has 0 unspecified atom stereocenters. The van der Waals surface area contributed by atoms with Gasteiger partial charge >= 0.3 is 0 Å². The summed E-state index contributed by atoms with van der Waals surface area (Å²) in [5.41, 5.74) is 0.966. The fourth-order valence-electron chi connectivity index (χ4n) is 1.69. The van der Waals surface area contributed by atoms with E-state index in [0.29, 0.717) is 5.56 Å². The lowest BCUT2D eigenvalue weighted by Gasteiger charge is -2.09. The topological polar surface area (TPSA) is 12.0 Å². The number of aryl methyl sites for hydroxylation is 1. The van der Waals surface area contributed by atoms with Crippen molar-refractivity contribution in [1.82, 2.24) is 0 Å². The van der Waals surface area contributed by atoms with Gasteiger partial charge in [-0.2, -0.15) is 0 Å². The molecule has 0 fully saturated rings. The molecule has 0 atom stereocenters. The van der Waals surface area contributed by atoms with Crippen LogP contribution in [-0.4, -0.2) is 0 Å². The number of halogens is 4. The zero-order chi connectivity index (χ0) is 14.0. The third-order valence-corrected chi connectivity index (χ3v) is 2.71. The van der Waals surface area contributed by atoms with Crippen LogP contribution in [0.4, 0.5) is 23.2 Å². The maximum Gasteiger partial charge on any atom is 0.196 e. The predicted molar refractivity (Wildman–Crippen MR) is 64.8 cm³/mol. The maximum atomic E-state index is 13.4. The van der Waals surface area contributed by atoms with Crippen molar-refractivity contribution in [3.63, 3.8) is 0 Å². The van der Waals surface area contributed by atoms with Gasteiger partial charge in [-0.05, 0) is 25.1 Å². The average molecular weight is 269 g/mol. The summed E-state index contributed by atoms with van der Waals surface area (Å²) in [6, 6.07) is 6.39. The Morgan fingerprint density at radius 3 is 2.32 bits per heavy atom. The fourth-order valence-corrected chi connectivity index (χ4v) is 1.69. The van der Waals surface area contributed by atoms with Gasteiger partial charge in [-0.1, -0.05) is 17.7 Å². The molecule has 2 aromatic rings. The molecule has 0 aliphatic heterocycles. The lowest BCUT2D eigenvalue weighted by atomic mass is 10.1. The third kappa shape index (κ3) is 2.86. The van der Waals surface area contributed by atoms with Gasteiger partial charge in [0.2, 0.25) is 0 Å². The molecule has 1 N–H and O–H groups in total. The quantitative estimate of drug-likeness (QED) is 0.651. The molecular formula is C14H11F4N. The molecular weight excluding hydrogens is 258 g/mol. The number of nitrogens with one attached hydrogen (secondary N) is 1. The standard InChI is InChI=1S/C14H11F4N/c1-8-2-3-10(15)9(6-8)7-19-12-5-4-11(16)13(17)14(12)18/h2-6,19H,7H2,1H3. The van der Waals surface area contributed by atoms with Crippen molar-refractivity contribution in [2.75, 3.05) is 5.32 Å². The molecule has 0 aliphatic rings. The molecule has 2 rings (SSSR count). The summed E-state index contributed by atoms with van der Waals surface area (Å²) in [5, 5.41) is 2.54. The van der Waals surface area contributed by atoms with Crippen LogP contribution in [0.1, 0.15) is 11.1 Å². The summed E-state index contributed by atoms with van der Waals surface area (Å²) in [4.78, 5) is 0. The second-order valence-electron chi connectivity index (χ2n) is 4.17. The van der Waals surface area contributed by atoms with Gasteiger partial charge in [0.25, 0.3) is 0 Å². The van der Waals surface area contributed by atoms with E-state index in [4.69, 9.17) is 0 Å². The Balaban J connectivity index is 2.19. The Morgan fingerprint density at radius 1 is 0.895 bits per heavy atom. The van der Waals surface area contributed by atoms with Crippen LogP contribution in [0.3, 0.4) is 0 Å². The Kier molecular flexibility index (Phi) is 3.74. The summed E-state index contributed by atoms with van der Waals surface area (Å²) in [7, 11) is 0. The highest BCUT2D eigenvalue weighted by Gasteiger charge is 2.13. The minimum atomic E-state index is -1.55. The highest BCUT2D eigenvalue weighted by molar-refractivity contribution is 5.46. The summed E-state index contributed by atoms with van der Waals surface area (Å²) in [6.45, 7) is 1.77. The molecule has 0 aliphatic carbocycles. The minimum absolute atomic E-state index is 0.0183. The first-order chi connectivity index (χ1) is 8.99. The van der Waals surface area contributed by atoms with Gasteiger partial charge in [0.05, 0.1) is 5.69 Å². The van der Waals surface area contributed by atoms with Crippen LogP contribution in [0.5, 0.6) is 0 Å². The maximum absolute atomic E-state index is 13.4. The smallest absolute Gasteiger partial charge is 0.196 e. The van der Waals surface area contributed by atoms with Crippen LogP contribution < -0.4 is 5.32 Å². The van der Waals surface area contributed by atoms with Crippen LogP contribution >= 0.6 is 0 Å². The van der Waals surface area contributed by atoms with Gasteiger partial charge in [-0.3, -0.25) is 0 Å². The molecule has 5 heteroatoms. The second kappa shape index (κ2) is 5.30. The van der Waals surface area contributed by atoms with Crippen molar-refractivity contribution in [2.24, 2.45) is 0 Å². The van der Waals surface area contributed by atoms with E-state index in [1.54, 1.807) is 19.1 Å². The SMILES string of the molecule is Cc1ccc(F)c(CNc2ccc(F)c(F)c2F)c1. The van der Waals surface area contributed by atoms with Crippen molar-refractivity contribution in [2.45, 2.75) is 13.5 Å². The molecule has 0 aromatic heterocycles. The summed E-state index contributed by atoms with van der Waals surface area (Å²) < 4.78 is 52.6. The van der Waals surface area contributed by atoms with E-state index in [2.05, 4.69) is 5.32 Å². The first-order valence-electron chi connectivity index (χ1n) is 5.61. The van der Waals surface area contributed by atoms with Gasteiger partial charge < -0.3 is 5.32 Å². The fraction of sp³-hybridized carbons (Fsp3) is 0.143. The molecule has 0 saturated heterocycles. The van der Waals surface area contributed by atoms with Crippen LogP contribution in [0.2, 0.25) is 0 Å². The molecule has 0 saturated carbocycles. The van der Waals surface area contributed by atoms with Gasteiger partial charge in [-0.15, -0.1) is 0 Å². The van der Waals surface area contributed by atoms with Gasteiger partial charge in [0.1, 0.15) is 5.82 Å². The van der Waals surface area contributed by atoms with Crippen molar-refractivity contribution in [3.8, 4) is 0 Å². The monoisotopic (exact) mass is 269 g/mol. The second-order valence-corrected chi connectivity index (χ2v) is 4.17. The Bertz CT molecular complexity index is 611. The first kappa shape index (κ1) is 13.4. The van der Waals surface area contributed by atoms with Gasteiger partial charge in [0.15, 0.2) is 17.5 Å². The minimum Gasteiger partial charge on any atom is -0.378 e. The van der Waals surface area contributed by atoms with Gasteiger partial charge in [0, 0.05) is 12.1 Å². The van der Waals surface area contributed by atoms with E-state index in [1.165, 1.54) is 6.07 Å². The van der Waals surface area contributed by atoms with Crippen LogP contribution in [-0.2, 0) is 6.54 Å². The predicted octanol–water partition coefficient (Wildman–Crippen LogP) is 4.16. The lowest BCUT2D eigenvalue weighted by Crippen LogP contribution is -2.05. The summed E-state index contributed by atoms with van der Waals surface area (Å²) >= 11 is 0. The number of rotatable bonds is 3. The normalized spacial score (nSPS) is 10.6. The molecule has 100 valence electrons. The Hall–Kier alpha value is -2.04. The van der Waals surface area contributed by atoms with E-state index in [-0.39, 0.29) is 12.2 Å². The number of hydrogen-bond acceptors (Lipinski definition) is 1. The van der Waals surface area contributed by atoms with E-state index in [0.717, 1.165) is 17.7 Å². The van der Waals surface area contributed by atoms with Crippen LogP contribution in [0, 0.1) is 30.2 Å². The third-order valence-electron chi connectivity index (χ3n) is 2.71. The Morgan fingerprint density at radius 2 is 1.58 bits per heavy atom. The molecule has 0 radical (unpaired) electrons. The molecule has 0 spiro atoms. The van der Waals surface area contributed by atoms with Crippen LogP contribution in [0.15, 0.2) is 30.3 Å². The van der Waals surface area contributed by atoms with E-state index in [1.807, 2.05) is 0 Å². The number of anilines is 1. The van der Waals surface area contributed by atoms with E-state index in [9.17, 15) is 17.6 Å². The molecule has 1 nitrogen and oxygen atoms in total. The number of benzene rings is 2. The average Bonchev–Trinajstić information content (AvgIpc) is 2.39.